The molecule has 1 saturated heterocycles. The van der Waals surface area contributed by atoms with Crippen LogP contribution in [0.5, 0.6) is 0 Å². The zero-order valence-electron chi connectivity index (χ0n) is 14.8. The monoisotopic (exact) mass is 341 g/mol. The van der Waals surface area contributed by atoms with Crippen molar-refractivity contribution in [1.29, 1.82) is 0 Å². The first-order valence-corrected chi connectivity index (χ1v) is 8.49. The number of carbonyl (C=O) groups is 2. The van der Waals surface area contributed by atoms with Crippen molar-refractivity contribution in [3.63, 3.8) is 0 Å². The lowest BCUT2D eigenvalue weighted by molar-refractivity contribution is -0.155. The van der Waals surface area contributed by atoms with E-state index in [9.17, 15) is 9.59 Å². The van der Waals surface area contributed by atoms with Crippen LogP contribution in [-0.2, 0) is 22.6 Å². The number of hydrogen-bond acceptors (Lipinski definition) is 4. The van der Waals surface area contributed by atoms with E-state index >= 15 is 0 Å². The molecule has 25 heavy (non-hydrogen) atoms. The van der Waals surface area contributed by atoms with Crippen LogP contribution in [0, 0.1) is 0 Å². The third-order valence-corrected chi connectivity index (χ3v) is 4.50. The van der Waals surface area contributed by atoms with E-state index in [1.54, 1.807) is 11.9 Å². The van der Waals surface area contributed by atoms with Crippen LogP contribution in [0.3, 0.4) is 0 Å². The minimum Gasteiger partial charge on any atom is -0.359 e. The Kier molecular flexibility index (Phi) is 4.88. The van der Waals surface area contributed by atoms with E-state index in [0.29, 0.717) is 12.2 Å². The van der Waals surface area contributed by atoms with Crippen molar-refractivity contribution in [3.05, 3.63) is 53.4 Å². The minimum atomic E-state index is -0.527. The van der Waals surface area contributed by atoms with Gasteiger partial charge in [-0.2, -0.15) is 0 Å². The molecule has 0 bridgehead atoms. The molecule has 1 fully saturated rings. The molecule has 0 radical (unpaired) electrons. The predicted octanol–water partition coefficient (Wildman–Crippen LogP) is 2.21. The number of benzene rings is 1. The summed E-state index contributed by atoms with van der Waals surface area (Å²) < 4.78 is 5.37. The highest BCUT2D eigenvalue weighted by Gasteiger charge is 2.38. The van der Waals surface area contributed by atoms with Gasteiger partial charge in [0.2, 0.25) is 11.8 Å². The highest BCUT2D eigenvalue weighted by Crippen LogP contribution is 2.21. The molecule has 1 atom stereocenters. The predicted molar refractivity (Wildman–Crippen MR) is 92.7 cm³/mol. The molecule has 0 saturated carbocycles. The van der Waals surface area contributed by atoms with Crippen LogP contribution in [0.1, 0.15) is 36.8 Å². The number of likely N-dealkylation sites (N-methyl/N-ethyl adjacent to an activating group) is 1. The van der Waals surface area contributed by atoms with Gasteiger partial charge in [0.1, 0.15) is 6.04 Å². The Labute approximate surface area is 147 Å². The highest BCUT2D eigenvalue weighted by atomic mass is 16.5. The second-order valence-corrected chi connectivity index (χ2v) is 6.79. The molecule has 2 aromatic rings. The van der Waals surface area contributed by atoms with Crippen LogP contribution in [0.25, 0.3) is 0 Å². The summed E-state index contributed by atoms with van der Waals surface area (Å²) in [5.41, 5.74) is 1.87. The van der Waals surface area contributed by atoms with Gasteiger partial charge >= 0.3 is 0 Å². The van der Waals surface area contributed by atoms with Gasteiger partial charge in [0.25, 0.3) is 0 Å². The van der Waals surface area contributed by atoms with Gasteiger partial charge in [0.15, 0.2) is 5.76 Å². The first kappa shape index (κ1) is 17.2. The summed E-state index contributed by atoms with van der Waals surface area (Å²) in [7, 11) is 1.67. The third kappa shape index (κ3) is 3.73. The summed E-state index contributed by atoms with van der Waals surface area (Å²) in [6.45, 7) is 4.42. The molecule has 0 N–H and O–H groups in total. The van der Waals surface area contributed by atoms with Gasteiger partial charge in [-0.25, -0.2) is 0 Å². The van der Waals surface area contributed by atoms with Gasteiger partial charge in [-0.1, -0.05) is 49.3 Å². The molecule has 0 unspecified atom stereocenters. The van der Waals surface area contributed by atoms with Gasteiger partial charge < -0.3 is 14.3 Å². The van der Waals surface area contributed by atoms with E-state index in [1.165, 1.54) is 4.90 Å². The van der Waals surface area contributed by atoms with E-state index in [-0.39, 0.29) is 30.8 Å². The third-order valence-electron chi connectivity index (χ3n) is 4.50. The van der Waals surface area contributed by atoms with E-state index < -0.39 is 6.04 Å². The zero-order valence-corrected chi connectivity index (χ0v) is 14.8. The molecule has 6 heteroatoms. The van der Waals surface area contributed by atoms with E-state index in [0.717, 1.165) is 11.3 Å². The SMILES string of the molecule is CC(C)c1cc(CN2C(=O)CN(C)C(=O)[C@@H]2Cc2ccccc2)on1. The largest absolute Gasteiger partial charge is 0.359 e. The van der Waals surface area contributed by atoms with E-state index in [1.807, 2.05) is 50.2 Å². The molecule has 2 amide bonds. The summed E-state index contributed by atoms with van der Waals surface area (Å²) in [6, 6.07) is 11.1. The molecular formula is C19H23N3O3. The van der Waals surface area contributed by atoms with Crippen LogP contribution in [0.2, 0.25) is 0 Å². The quantitative estimate of drug-likeness (QED) is 0.836. The fourth-order valence-electron chi connectivity index (χ4n) is 3.01. The summed E-state index contributed by atoms with van der Waals surface area (Å²) in [6.07, 6.45) is 0.487. The summed E-state index contributed by atoms with van der Waals surface area (Å²) in [4.78, 5) is 28.3. The van der Waals surface area contributed by atoms with Crippen LogP contribution >= 0.6 is 0 Å². The number of aromatic nitrogens is 1. The Morgan fingerprint density at radius 1 is 1.24 bits per heavy atom. The van der Waals surface area contributed by atoms with Crippen LogP contribution in [0.4, 0.5) is 0 Å². The highest BCUT2D eigenvalue weighted by molar-refractivity contribution is 5.94. The molecule has 1 aromatic heterocycles. The van der Waals surface area contributed by atoms with E-state index in [2.05, 4.69) is 5.16 Å². The number of rotatable bonds is 5. The van der Waals surface area contributed by atoms with Crippen molar-refractivity contribution in [2.24, 2.45) is 0 Å². The average Bonchev–Trinajstić information content (AvgIpc) is 3.06. The normalized spacial score (nSPS) is 18.3. The molecule has 0 spiro atoms. The molecule has 6 nitrogen and oxygen atoms in total. The maximum atomic E-state index is 12.7. The van der Waals surface area contributed by atoms with Crippen molar-refractivity contribution < 1.29 is 14.1 Å². The van der Waals surface area contributed by atoms with Gasteiger partial charge in [-0.3, -0.25) is 9.59 Å². The van der Waals surface area contributed by atoms with Gasteiger partial charge in [-0.15, -0.1) is 0 Å². The molecule has 132 valence electrons. The molecule has 2 heterocycles. The Bertz CT molecular complexity index is 754. The second-order valence-electron chi connectivity index (χ2n) is 6.79. The first-order valence-electron chi connectivity index (χ1n) is 8.49. The number of carbonyl (C=O) groups excluding carboxylic acids is 2. The number of nitrogens with zero attached hydrogens (tertiary/aromatic N) is 3. The summed E-state index contributed by atoms with van der Waals surface area (Å²) >= 11 is 0. The van der Waals surface area contributed by atoms with Crippen molar-refractivity contribution in [1.82, 2.24) is 15.0 Å². The standard InChI is InChI=1S/C19H23N3O3/c1-13(2)16-10-15(25-20-16)11-22-17(9-14-7-5-4-6-8-14)19(24)21(3)12-18(22)23/h4-8,10,13,17H,9,11-12H2,1-3H3/t17-/m0/s1. The molecule has 1 aliphatic rings. The molecular weight excluding hydrogens is 318 g/mol. The lowest BCUT2D eigenvalue weighted by Gasteiger charge is -2.38. The summed E-state index contributed by atoms with van der Waals surface area (Å²) in [5, 5.41) is 4.04. The Balaban J connectivity index is 1.84. The Morgan fingerprint density at radius 2 is 1.96 bits per heavy atom. The van der Waals surface area contributed by atoms with Crippen LogP contribution < -0.4 is 0 Å². The van der Waals surface area contributed by atoms with Crippen LogP contribution in [-0.4, -0.2) is 46.4 Å². The molecule has 0 aliphatic carbocycles. The first-order chi connectivity index (χ1) is 12.0. The van der Waals surface area contributed by atoms with Crippen molar-refractivity contribution in [3.8, 4) is 0 Å². The molecule has 1 aromatic carbocycles. The topological polar surface area (TPSA) is 66.7 Å². The fraction of sp³-hybridized carbons (Fsp3) is 0.421. The lowest BCUT2D eigenvalue weighted by atomic mass is 10.0. The molecule has 3 rings (SSSR count). The number of amides is 2. The fourth-order valence-corrected chi connectivity index (χ4v) is 3.01. The number of hydrogen-bond donors (Lipinski definition) is 0. The van der Waals surface area contributed by atoms with Gasteiger partial charge in [0.05, 0.1) is 18.8 Å². The Hall–Kier alpha value is -2.63. The maximum Gasteiger partial charge on any atom is 0.245 e. The number of piperazine rings is 1. The van der Waals surface area contributed by atoms with Gasteiger partial charge in [-0.05, 0) is 11.5 Å². The summed E-state index contributed by atoms with van der Waals surface area (Å²) in [5.74, 6) is 0.729. The lowest BCUT2D eigenvalue weighted by Crippen LogP contribution is -2.59. The van der Waals surface area contributed by atoms with Crippen LogP contribution in [0.15, 0.2) is 40.9 Å². The van der Waals surface area contributed by atoms with Gasteiger partial charge in [0, 0.05) is 19.5 Å². The van der Waals surface area contributed by atoms with Crippen molar-refractivity contribution in [2.75, 3.05) is 13.6 Å². The minimum absolute atomic E-state index is 0.0490. The van der Waals surface area contributed by atoms with Crippen molar-refractivity contribution in [2.45, 2.75) is 38.8 Å². The maximum absolute atomic E-state index is 12.7. The molecule has 1 aliphatic heterocycles. The van der Waals surface area contributed by atoms with E-state index in [4.69, 9.17) is 4.52 Å². The smallest absolute Gasteiger partial charge is 0.245 e. The van der Waals surface area contributed by atoms with Crippen molar-refractivity contribution >= 4 is 11.8 Å². The Morgan fingerprint density at radius 3 is 2.60 bits per heavy atom. The average molecular weight is 341 g/mol. The second kappa shape index (κ2) is 7.09. The zero-order chi connectivity index (χ0) is 18.0.